The average Bonchev–Trinajstić information content (AvgIpc) is 3.43. The molecule has 0 radical (unpaired) electrons. The number of Topliss-reactive ketones (excluding diaryl/α,β-unsaturated/α-hetero) is 1. The summed E-state index contributed by atoms with van der Waals surface area (Å²) in [7, 11) is -4.25. The van der Waals surface area contributed by atoms with Crippen molar-refractivity contribution in [2.75, 3.05) is 4.72 Å². The molecule has 0 fully saturated rings. The van der Waals surface area contributed by atoms with E-state index in [1.165, 1.54) is 31.4 Å². The Hall–Kier alpha value is -3.15. The number of hydrogen-bond acceptors (Lipinski definition) is 11. The van der Waals surface area contributed by atoms with Crippen LogP contribution in [0.3, 0.4) is 0 Å². The Bertz CT molecular complexity index is 1440. The summed E-state index contributed by atoms with van der Waals surface area (Å²) in [6, 6.07) is 4.38. The number of nitrogens with zero attached hydrogens (tertiary/aromatic N) is 2. The minimum absolute atomic E-state index is 0.0137. The van der Waals surface area contributed by atoms with Crippen molar-refractivity contribution >= 4 is 44.6 Å². The van der Waals surface area contributed by atoms with E-state index in [2.05, 4.69) is 9.88 Å². The second-order valence-corrected chi connectivity index (χ2v) is 9.89. The third-order valence-electron chi connectivity index (χ3n) is 4.74. The Morgan fingerprint density at radius 1 is 1.36 bits per heavy atom. The van der Waals surface area contributed by atoms with Gasteiger partial charge in [-0.25, -0.2) is 13.1 Å². The number of nitrogens with one attached hydrogen (secondary N) is 1. The minimum Gasteiger partial charge on any atom is -0.403 e. The number of aryl methyl sites for hydroxylation is 1. The monoisotopic (exact) mass is 511 g/mol. The normalized spacial score (nSPS) is 14.2. The molecule has 0 bridgehead atoms. The molecule has 0 aliphatic carbocycles. The van der Waals surface area contributed by atoms with Crippen molar-refractivity contribution in [2.24, 2.45) is 0 Å². The summed E-state index contributed by atoms with van der Waals surface area (Å²) in [5.74, 6) is -0.998. The Morgan fingerprint density at radius 3 is 2.73 bits per heavy atom. The maximum absolute atomic E-state index is 13.1. The number of thiophene rings is 1. The maximum atomic E-state index is 13.1. The predicted octanol–water partition coefficient (Wildman–Crippen LogP) is 2.47. The van der Waals surface area contributed by atoms with Crippen molar-refractivity contribution in [3.05, 3.63) is 49.8 Å². The van der Waals surface area contributed by atoms with E-state index in [1.54, 1.807) is 0 Å². The summed E-state index contributed by atoms with van der Waals surface area (Å²) in [6.45, 7) is 3.04. The second-order valence-electron chi connectivity index (χ2n) is 6.95. The lowest BCUT2D eigenvalue weighted by Crippen LogP contribution is -2.37. The fraction of sp³-hybridized carbons (Fsp3) is 0.211. The molecule has 14 heteroatoms. The van der Waals surface area contributed by atoms with Crippen molar-refractivity contribution in [2.45, 2.75) is 31.3 Å². The number of anilines is 1. The van der Waals surface area contributed by atoms with Gasteiger partial charge in [-0.3, -0.25) is 15.0 Å². The number of halogens is 1. The molecule has 0 saturated carbocycles. The number of ketones is 1. The van der Waals surface area contributed by atoms with Gasteiger partial charge in [-0.15, -0.1) is 11.3 Å². The Kier molecular flexibility index (Phi) is 5.59. The lowest BCUT2D eigenvalue weighted by molar-refractivity contribution is -0.385. The fourth-order valence-corrected chi connectivity index (χ4v) is 5.75. The van der Waals surface area contributed by atoms with Gasteiger partial charge in [-0.05, 0) is 30.9 Å². The third-order valence-corrected chi connectivity index (χ3v) is 7.65. The van der Waals surface area contributed by atoms with Crippen LogP contribution in [0.5, 0.6) is 11.5 Å². The first-order valence-electron chi connectivity index (χ1n) is 9.08. The van der Waals surface area contributed by atoms with Crippen molar-refractivity contribution in [3.63, 3.8) is 0 Å². The Labute approximate surface area is 195 Å². The smallest absolute Gasteiger partial charge is 0.403 e. The molecule has 0 unspecified atom stereocenters. The summed E-state index contributed by atoms with van der Waals surface area (Å²) in [6.07, 6.45) is -3.26. The van der Waals surface area contributed by atoms with Crippen molar-refractivity contribution in [1.29, 1.82) is 5.26 Å². The third kappa shape index (κ3) is 4.14. The van der Waals surface area contributed by atoms with Crippen LogP contribution in [0.25, 0.3) is 0 Å². The zero-order chi connectivity index (χ0) is 24.1. The van der Waals surface area contributed by atoms with Crippen LogP contribution in [0.4, 0.5) is 5.88 Å². The molecule has 11 nitrogen and oxygen atoms in total. The van der Waals surface area contributed by atoms with Gasteiger partial charge in [-0.2, -0.15) is 5.26 Å². The molecular weight excluding hydrogens is 498 g/mol. The zero-order valence-electron chi connectivity index (χ0n) is 16.9. The number of ether oxygens (including phenoxy) is 2. The Morgan fingerprint density at radius 2 is 2.09 bits per heavy atom. The van der Waals surface area contributed by atoms with Gasteiger partial charge in [-0.1, -0.05) is 16.8 Å². The fourth-order valence-electron chi connectivity index (χ4n) is 3.19. The molecule has 4 rings (SSSR count). The summed E-state index contributed by atoms with van der Waals surface area (Å²) < 4.78 is 42.5. The van der Waals surface area contributed by atoms with Gasteiger partial charge in [0.05, 0.1) is 16.5 Å². The van der Waals surface area contributed by atoms with E-state index in [1.807, 2.05) is 6.07 Å². The maximum Gasteiger partial charge on any atom is 0.505 e. The first kappa shape index (κ1) is 23.0. The standard InChI is InChI=1S/C19H14ClN3O8S2/c1-8-11(10(7-21)5-13-16(8)30-19(25,26)29-13)6-12(24)17-14(3-4-32-17)33(27,28)23-18-15(20)9(2)22-31-18/h3-5,23,25-26H,6H2,1-2H3. The summed E-state index contributed by atoms with van der Waals surface area (Å²) >= 11 is 6.87. The van der Waals surface area contributed by atoms with Gasteiger partial charge in [0.1, 0.15) is 15.6 Å². The van der Waals surface area contributed by atoms with E-state index in [4.69, 9.17) is 25.6 Å². The number of carbonyl (C=O) groups is 1. The summed E-state index contributed by atoms with van der Waals surface area (Å²) in [5, 5.41) is 33.6. The van der Waals surface area contributed by atoms with E-state index in [0.717, 1.165) is 11.3 Å². The zero-order valence-corrected chi connectivity index (χ0v) is 19.3. The van der Waals surface area contributed by atoms with E-state index >= 15 is 0 Å². The first-order valence-corrected chi connectivity index (χ1v) is 11.8. The first-order chi connectivity index (χ1) is 15.4. The van der Waals surface area contributed by atoms with Gasteiger partial charge < -0.3 is 14.0 Å². The summed E-state index contributed by atoms with van der Waals surface area (Å²) in [4.78, 5) is 12.7. The number of benzene rings is 1. The molecule has 3 N–H and O–H groups in total. The highest BCUT2D eigenvalue weighted by molar-refractivity contribution is 7.93. The lowest BCUT2D eigenvalue weighted by Gasteiger charge is -2.12. The van der Waals surface area contributed by atoms with Gasteiger partial charge in [0.25, 0.3) is 15.9 Å². The number of aliphatic hydroxyl groups is 2. The molecule has 2 aromatic heterocycles. The largest absolute Gasteiger partial charge is 0.505 e. The van der Waals surface area contributed by atoms with E-state index < -0.39 is 22.0 Å². The SMILES string of the molecule is Cc1noc(NS(=O)(=O)c2ccsc2C(=O)Cc2c(C#N)cc3c(c2C)OC(O)(O)O3)c1Cl. The van der Waals surface area contributed by atoms with Gasteiger partial charge in [0.2, 0.25) is 0 Å². The molecule has 1 aliphatic heterocycles. The number of fused-ring (bicyclic) bond motifs is 1. The van der Waals surface area contributed by atoms with E-state index in [9.17, 15) is 28.7 Å². The molecular formula is C19H14ClN3O8S2. The molecule has 1 aliphatic rings. The quantitative estimate of drug-likeness (QED) is 0.329. The average molecular weight is 512 g/mol. The number of aromatic nitrogens is 1. The van der Waals surface area contributed by atoms with Crippen LogP contribution in [0.15, 0.2) is 26.9 Å². The molecule has 0 atom stereocenters. The van der Waals surface area contributed by atoms with E-state index in [0.29, 0.717) is 0 Å². The molecule has 0 spiro atoms. The van der Waals surface area contributed by atoms with Crippen molar-refractivity contribution in [3.8, 4) is 17.6 Å². The number of nitriles is 1. The molecule has 172 valence electrons. The molecule has 3 aromatic rings. The summed E-state index contributed by atoms with van der Waals surface area (Å²) in [5.41, 5.74) is 0.809. The minimum atomic E-state index is -4.25. The molecule has 33 heavy (non-hydrogen) atoms. The molecule has 0 saturated heterocycles. The van der Waals surface area contributed by atoms with Gasteiger partial charge in [0, 0.05) is 18.1 Å². The molecule has 3 heterocycles. The van der Waals surface area contributed by atoms with Crippen LogP contribution in [0.1, 0.15) is 32.1 Å². The lowest BCUT2D eigenvalue weighted by atomic mass is 9.96. The van der Waals surface area contributed by atoms with Crippen molar-refractivity contribution in [1.82, 2.24) is 5.16 Å². The molecule has 1 aromatic carbocycles. The number of sulfonamides is 1. The number of carbonyl (C=O) groups excluding carboxylic acids is 1. The number of rotatable bonds is 6. The van der Waals surface area contributed by atoms with E-state index in [-0.39, 0.29) is 61.0 Å². The van der Waals surface area contributed by atoms with Gasteiger partial charge >= 0.3 is 6.16 Å². The van der Waals surface area contributed by atoms with Crippen LogP contribution in [0, 0.1) is 25.2 Å². The topological polar surface area (TPSA) is 172 Å². The van der Waals surface area contributed by atoms with Crippen LogP contribution in [-0.4, -0.2) is 35.7 Å². The number of hydrogen-bond donors (Lipinski definition) is 3. The van der Waals surface area contributed by atoms with Crippen LogP contribution >= 0.6 is 22.9 Å². The predicted molar refractivity (Wildman–Crippen MR) is 114 cm³/mol. The van der Waals surface area contributed by atoms with Crippen LogP contribution in [0.2, 0.25) is 5.02 Å². The molecule has 0 amide bonds. The Balaban J connectivity index is 1.67. The highest BCUT2D eigenvalue weighted by Gasteiger charge is 2.40. The van der Waals surface area contributed by atoms with Crippen molar-refractivity contribution < 1.29 is 37.4 Å². The highest BCUT2D eigenvalue weighted by Crippen LogP contribution is 2.43. The second kappa shape index (κ2) is 8.01. The van der Waals surface area contributed by atoms with Crippen LogP contribution in [-0.2, 0) is 16.4 Å². The van der Waals surface area contributed by atoms with Gasteiger partial charge in [0.15, 0.2) is 17.3 Å². The highest BCUT2D eigenvalue weighted by atomic mass is 35.5. The van der Waals surface area contributed by atoms with Crippen LogP contribution < -0.4 is 14.2 Å².